The number of aliphatic carboxylic acids is 1. The number of hydrogen-bond donors (Lipinski definition) is 3. The van der Waals surface area contributed by atoms with Gasteiger partial charge in [-0.1, -0.05) is 18.2 Å². The number of carbonyl (C=O) groups excluding carboxylic acids is 1. The Balaban J connectivity index is 2.85. The lowest BCUT2D eigenvalue weighted by Gasteiger charge is -2.27. The number of nitrogens with one attached hydrogen (secondary N) is 1. The van der Waals surface area contributed by atoms with Crippen molar-refractivity contribution in [2.24, 2.45) is 0 Å². The number of rotatable bonds is 5. The van der Waals surface area contributed by atoms with Crippen LogP contribution in [-0.2, 0) is 22.1 Å². The lowest BCUT2D eigenvalue weighted by molar-refractivity contribution is -0.162. The van der Waals surface area contributed by atoms with Crippen LogP contribution >= 0.6 is 0 Å². The first-order valence-corrected chi connectivity index (χ1v) is 7.36. The molecule has 0 aliphatic rings. The zero-order valence-electron chi connectivity index (χ0n) is 14.0. The summed E-state index contributed by atoms with van der Waals surface area (Å²) >= 11 is 0. The van der Waals surface area contributed by atoms with Gasteiger partial charge in [-0.05, 0) is 38.8 Å². The highest BCUT2D eigenvalue weighted by molar-refractivity contribution is 5.82. The summed E-state index contributed by atoms with van der Waals surface area (Å²) < 4.78 is 42.9. The van der Waals surface area contributed by atoms with Crippen molar-refractivity contribution in [2.45, 2.75) is 51.1 Å². The number of aliphatic hydroxyl groups is 1. The van der Waals surface area contributed by atoms with Crippen molar-refractivity contribution in [2.75, 3.05) is 0 Å². The maximum Gasteiger partial charge on any atom is 0.416 e. The number of halogens is 3. The van der Waals surface area contributed by atoms with Crippen molar-refractivity contribution in [1.82, 2.24) is 5.32 Å². The van der Waals surface area contributed by atoms with E-state index in [-0.39, 0.29) is 12.0 Å². The molecule has 3 N–H and O–H groups in total. The summed E-state index contributed by atoms with van der Waals surface area (Å²) in [5.41, 5.74) is -4.30. The highest BCUT2D eigenvalue weighted by Crippen LogP contribution is 2.30. The van der Waals surface area contributed by atoms with Crippen molar-refractivity contribution in [3.05, 3.63) is 35.4 Å². The number of carbonyl (C=O) groups is 2. The predicted molar refractivity (Wildman–Crippen MR) is 81.7 cm³/mol. The van der Waals surface area contributed by atoms with Gasteiger partial charge in [0.05, 0.1) is 5.56 Å². The number of alkyl halides is 3. The van der Waals surface area contributed by atoms with E-state index in [0.29, 0.717) is 0 Å². The van der Waals surface area contributed by atoms with Crippen LogP contribution in [0.2, 0.25) is 0 Å². The van der Waals surface area contributed by atoms with Gasteiger partial charge in [0.2, 0.25) is 5.72 Å². The second kappa shape index (κ2) is 7.30. The molecule has 1 amide bonds. The molecule has 6 nitrogen and oxygen atoms in total. The number of ether oxygens (including phenoxy) is 1. The van der Waals surface area contributed by atoms with E-state index in [1.165, 1.54) is 12.1 Å². The average Bonchev–Trinajstić information content (AvgIpc) is 2.42. The summed E-state index contributed by atoms with van der Waals surface area (Å²) in [5, 5.41) is 21.1. The number of alkyl carbamates (subject to hydrolysis) is 1. The minimum Gasteiger partial charge on any atom is -0.478 e. The van der Waals surface area contributed by atoms with Gasteiger partial charge in [0.15, 0.2) is 0 Å². The fourth-order valence-corrected chi connectivity index (χ4v) is 1.92. The molecule has 1 rings (SSSR count). The molecule has 0 fully saturated rings. The molecule has 1 aromatic rings. The molecule has 0 saturated heterocycles. The lowest BCUT2D eigenvalue weighted by atomic mass is 10.0. The monoisotopic (exact) mass is 363 g/mol. The highest BCUT2D eigenvalue weighted by Gasteiger charge is 2.39. The van der Waals surface area contributed by atoms with Gasteiger partial charge in [-0.2, -0.15) is 13.2 Å². The standard InChI is InChI=1S/C16H20F3NO5/c1-14(2,3)25-13(23)20-15(24,12(21)22)8-7-10-5-4-6-11(9-10)16(17,18)19/h4-6,9,24H,7-8H2,1-3H3,(H,20,23)(H,21,22)/t15-/m0/s1. The van der Waals surface area contributed by atoms with Gasteiger partial charge in [-0.25, -0.2) is 9.59 Å². The van der Waals surface area contributed by atoms with Crippen LogP contribution in [0.1, 0.15) is 38.3 Å². The van der Waals surface area contributed by atoms with Crippen molar-refractivity contribution < 1.29 is 37.7 Å². The molecule has 9 heteroatoms. The summed E-state index contributed by atoms with van der Waals surface area (Å²) in [6, 6.07) is 4.28. The quantitative estimate of drug-likeness (QED) is 0.699. The van der Waals surface area contributed by atoms with Gasteiger partial charge in [0.25, 0.3) is 0 Å². The van der Waals surface area contributed by atoms with Crippen molar-refractivity contribution in [3.8, 4) is 0 Å². The minimum atomic E-state index is -4.53. The Hall–Kier alpha value is -2.29. The fourth-order valence-electron chi connectivity index (χ4n) is 1.92. The van der Waals surface area contributed by atoms with Crippen LogP contribution in [-0.4, -0.2) is 33.6 Å². The first-order chi connectivity index (χ1) is 11.2. The van der Waals surface area contributed by atoms with E-state index in [1.54, 1.807) is 20.8 Å². The van der Waals surface area contributed by atoms with E-state index in [4.69, 9.17) is 9.84 Å². The third-order valence-electron chi connectivity index (χ3n) is 3.09. The maximum absolute atomic E-state index is 12.7. The zero-order valence-corrected chi connectivity index (χ0v) is 14.0. The van der Waals surface area contributed by atoms with Crippen molar-refractivity contribution >= 4 is 12.1 Å². The van der Waals surface area contributed by atoms with Gasteiger partial charge in [0.1, 0.15) is 5.60 Å². The van der Waals surface area contributed by atoms with Crippen molar-refractivity contribution in [3.63, 3.8) is 0 Å². The van der Waals surface area contributed by atoms with E-state index >= 15 is 0 Å². The molecule has 1 aromatic carbocycles. The van der Waals surface area contributed by atoms with E-state index in [0.717, 1.165) is 12.1 Å². The molecule has 0 spiro atoms. The van der Waals surface area contributed by atoms with E-state index in [1.807, 2.05) is 5.32 Å². The number of aryl methyl sites for hydroxylation is 1. The molecule has 0 aliphatic carbocycles. The lowest BCUT2D eigenvalue weighted by Crippen LogP contribution is -2.55. The molecule has 25 heavy (non-hydrogen) atoms. The van der Waals surface area contributed by atoms with Crippen molar-refractivity contribution in [1.29, 1.82) is 0 Å². The first-order valence-electron chi connectivity index (χ1n) is 7.36. The minimum absolute atomic E-state index is 0.167. The molecule has 0 radical (unpaired) electrons. The first kappa shape index (κ1) is 20.8. The van der Waals surface area contributed by atoms with Gasteiger partial charge >= 0.3 is 18.2 Å². The largest absolute Gasteiger partial charge is 0.478 e. The third kappa shape index (κ3) is 6.61. The topological polar surface area (TPSA) is 95.9 Å². The van der Waals surface area contributed by atoms with Crippen LogP contribution in [0.15, 0.2) is 24.3 Å². The summed E-state index contributed by atoms with van der Waals surface area (Å²) in [5.74, 6) is -1.75. The predicted octanol–water partition coefficient (Wildman–Crippen LogP) is 2.94. The SMILES string of the molecule is CC(C)(C)OC(=O)N[C@](O)(CCc1cccc(C(F)(F)F)c1)C(=O)O. The molecule has 0 bridgehead atoms. The average molecular weight is 363 g/mol. The van der Waals surface area contributed by atoms with Crippen LogP contribution in [0.4, 0.5) is 18.0 Å². The zero-order chi connectivity index (χ0) is 19.5. The number of carboxylic acids is 1. The molecule has 0 unspecified atom stereocenters. The number of benzene rings is 1. The summed E-state index contributed by atoms with van der Waals surface area (Å²) in [6.07, 6.45) is -6.43. The van der Waals surface area contributed by atoms with Crippen LogP contribution in [0, 0.1) is 0 Å². The van der Waals surface area contributed by atoms with Crippen LogP contribution < -0.4 is 5.32 Å². The molecule has 0 aromatic heterocycles. The maximum atomic E-state index is 12.7. The van der Waals surface area contributed by atoms with Gasteiger partial charge in [-0.3, -0.25) is 5.32 Å². The second-order valence-electron chi connectivity index (χ2n) is 6.49. The summed E-state index contributed by atoms with van der Waals surface area (Å²) in [7, 11) is 0. The molecule has 0 saturated carbocycles. The van der Waals surface area contributed by atoms with Crippen LogP contribution in [0.25, 0.3) is 0 Å². The molecule has 0 heterocycles. The molecular formula is C16H20F3NO5. The van der Waals surface area contributed by atoms with E-state index in [2.05, 4.69) is 0 Å². The Morgan fingerprint density at radius 1 is 1.20 bits per heavy atom. The Labute approximate surface area is 142 Å². The van der Waals surface area contributed by atoms with E-state index < -0.39 is 41.5 Å². The third-order valence-corrected chi connectivity index (χ3v) is 3.09. The Kier molecular flexibility index (Phi) is 6.06. The highest BCUT2D eigenvalue weighted by atomic mass is 19.4. The van der Waals surface area contributed by atoms with Gasteiger partial charge in [0, 0.05) is 6.42 Å². The van der Waals surface area contributed by atoms with Gasteiger partial charge in [-0.15, -0.1) is 0 Å². The number of carboxylic acid groups (broad SMARTS) is 1. The smallest absolute Gasteiger partial charge is 0.416 e. The Bertz CT molecular complexity index is 639. The molecule has 1 atom stereocenters. The molecule has 140 valence electrons. The Morgan fingerprint density at radius 3 is 2.28 bits per heavy atom. The second-order valence-corrected chi connectivity index (χ2v) is 6.49. The summed E-state index contributed by atoms with van der Waals surface area (Å²) in [4.78, 5) is 22.9. The summed E-state index contributed by atoms with van der Waals surface area (Å²) in [6.45, 7) is 4.65. The van der Waals surface area contributed by atoms with Crippen LogP contribution in [0.3, 0.4) is 0 Å². The Morgan fingerprint density at radius 2 is 1.80 bits per heavy atom. The molecule has 0 aliphatic heterocycles. The fraction of sp³-hybridized carbons (Fsp3) is 0.500. The van der Waals surface area contributed by atoms with E-state index in [9.17, 15) is 27.9 Å². The van der Waals surface area contributed by atoms with Gasteiger partial charge < -0.3 is 14.9 Å². The number of hydrogen-bond acceptors (Lipinski definition) is 4. The molecular weight excluding hydrogens is 343 g/mol. The normalized spacial score (nSPS) is 14.5. The van der Waals surface area contributed by atoms with Crippen LogP contribution in [0.5, 0.6) is 0 Å². The number of amides is 1.